The number of aliphatic carboxylic acids is 1. The summed E-state index contributed by atoms with van der Waals surface area (Å²) < 4.78 is 18.0. The molecule has 1 N–H and O–H groups in total. The molecule has 0 aromatic heterocycles. The second-order valence-corrected chi connectivity index (χ2v) is 4.91. The Morgan fingerprint density at radius 3 is 2.42 bits per heavy atom. The van der Waals surface area contributed by atoms with Gasteiger partial charge < -0.3 is 9.84 Å². The third-order valence-electron chi connectivity index (χ3n) is 3.76. The molecular weight excluding hydrogens is 249 g/mol. The van der Waals surface area contributed by atoms with Gasteiger partial charge in [-0.2, -0.15) is 0 Å². The molecule has 19 heavy (non-hydrogen) atoms. The Morgan fingerprint density at radius 2 is 1.95 bits per heavy atom. The van der Waals surface area contributed by atoms with E-state index in [1.165, 1.54) is 19.2 Å². The second kappa shape index (κ2) is 5.67. The van der Waals surface area contributed by atoms with Crippen molar-refractivity contribution in [3.05, 3.63) is 35.6 Å². The summed E-state index contributed by atoms with van der Waals surface area (Å²) in [6.07, 6.45) is 0.945. The van der Waals surface area contributed by atoms with Crippen molar-refractivity contribution in [1.82, 2.24) is 4.90 Å². The molecule has 0 atom stereocenters. The van der Waals surface area contributed by atoms with Gasteiger partial charge in [-0.1, -0.05) is 12.1 Å². The van der Waals surface area contributed by atoms with Crippen LogP contribution < -0.4 is 0 Å². The first kappa shape index (κ1) is 14.0. The van der Waals surface area contributed by atoms with E-state index >= 15 is 0 Å². The first-order valence-electron chi connectivity index (χ1n) is 6.31. The smallest absolute Gasteiger partial charge is 0.336 e. The minimum atomic E-state index is -1.04. The lowest BCUT2D eigenvalue weighted by Crippen LogP contribution is -2.50. The summed E-state index contributed by atoms with van der Waals surface area (Å²) in [7, 11) is 1.45. The van der Waals surface area contributed by atoms with Gasteiger partial charge in [0.25, 0.3) is 0 Å². The molecule has 1 fully saturated rings. The van der Waals surface area contributed by atoms with Crippen LogP contribution in [0.5, 0.6) is 0 Å². The lowest BCUT2D eigenvalue weighted by Gasteiger charge is -2.37. The summed E-state index contributed by atoms with van der Waals surface area (Å²) in [6, 6.07) is 6.39. The highest BCUT2D eigenvalue weighted by Crippen LogP contribution is 2.26. The number of likely N-dealkylation sites (tertiary alicyclic amines) is 1. The molecule has 2 rings (SSSR count). The zero-order chi connectivity index (χ0) is 13.9. The maximum absolute atomic E-state index is 12.8. The quantitative estimate of drug-likeness (QED) is 0.905. The average molecular weight is 267 g/mol. The molecule has 4 nitrogen and oxygen atoms in total. The standard InChI is InChI=1S/C14H18FNO3/c1-19-14(13(17)18)6-8-16(9-7-14)10-11-2-4-12(15)5-3-11/h2-5H,6-10H2,1H3,(H,17,18). The van der Waals surface area contributed by atoms with Crippen LogP contribution in [-0.4, -0.2) is 41.8 Å². The number of carboxylic acids is 1. The summed E-state index contributed by atoms with van der Waals surface area (Å²) in [6.45, 7) is 2.04. The van der Waals surface area contributed by atoms with Gasteiger partial charge in [0.1, 0.15) is 5.82 Å². The molecule has 1 aromatic rings. The first-order chi connectivity index (χ1) is 9.05. The molecule has 0 saturated carbocycles. The molecule has 0 aliphatic carbocycles. The number of ether oxygens (including phenoxy) is 1. The lowest BCUT2D eigenvalue weighted by atomic mass is 9.91. The highest BCUT2D eigenvalue weighted by atomic mass is 19.1. The Labute approximate surface area is 111 Å². The van der Waals surface area contributed by atoms with Gasteiger partial charge in [0.05, 0.1) is 0 Å². The van der Waals surface area contributed by atoms with Gasteiger partial charge in [0.2, 0.25) is 0 Å². The highest BCUT2D eigenvalue weighted by molar-refractivity contribution is 5.77. The van der Waals surface area contributed by atoms with E-state index < -0.39 is 11.6 Å². The molecule has 5 heteroatoms. The molecule has 104 valence electrons. The number of benzene rings is 1. The van der Waals surface area contributed by atoms with E-state index in [1.807, 2.05) is 0 Å². The number of rotatable bonds is 4. The maximum atomic E-state index is 12.8. The summed E-state index contributed by atoms with van der Waals surface area (Å²) in [5, 5.41) is 9.21. The van der Waals surface area contributed by atoms with E-state index in [1.54, 1.807) is 12.1 Å². The third-order valence-corrected chi connectivity index (χ3v) is 3.76. The van der Waals surface area contributed by atoms with Crippen LogP contribution in [0.15, 0.2) is 24.3 Å². The minimum Gasteiger partial charge on any atom is -0.479 e. The molecule has 0 unspecified atom stereocenters. The van der Waals surface area contributed by atoms with Crippen LogP contribution in [0.25, 0.3) is 0 Å². The van der Waals surface area contributed by atoms with Crippen LogP contribution in [0.4, 0.5) is 4.39 Å². The number of piperidine rings is 1. The van der Waals surface area contributed by atoms with Crippen molar-refractivity contribution in [2.24, 2.45) is 0 Å². The summed E-state index contributed by atoms with van der Waals surface area (Å²) in [5.74, 6) is -1.14. The molecule has 1 aliphatic rings. The van der Waals surface area contributed by atoms with E-state index in [2.05, 4.69) is 4.90 Å². The lowest BCUT2D eigenvalue weighted by molar-refractivity contribution is -0.168. The molecule has 1 heterocycles. The van der Waals surface area contributed by atoms with E-state index in [9.17, 15) is 14.3 Å². The zero-order valence-electron chi connectivity index (χ0n) is 10.9. The SMILES string of the molecule is COC1(C(=O)O)CCN(Cc2ccc(F)cc2)CC1. The Bertz CT molecular complexity index is 439. The van der Waals surface area contributed by atoms with E-state index in [0.29, 0.717) is 32.5 Å². The van der Waals surface area contributed by atoms with Gasteiger partial charge in [-0.3, -0.25) is 4.90 Å². The Hall–Kier alpha value is -1.46. The van der Waals surface area contributed by atoms with Gasteiger partial charge in [0.15, 0.2) is 5.60 Å². The summed E-state index contributed by atoms with van der Waals surface area (Å²) in [4.78, 5) is 13.4. The second-order valence-electron chi connectivity index (χ2n) is 4.91. The van der Waals surface area contributed by atoms with E-state index in [0.717, 1.165) is 5.56 Å². The van der Waals surface area contributed by atoms with Crippen molar-refractivity contribution in [2.75, 3.05) is 20.2 Å². The number of carboxylic acid groups (broad SMARTS) is 1. The van der Waals surface area contributed by atoms with Crippen molar-refractivity contribution in [3.8, 4) is 0 Å². The monoisotopic (exact) mass is 267 g/mol. The summed E-state index contributed by atoms with van der Waals surface area (Å²) in [5.41, 5.74) is -0.0131. The van der Waals surface area contributed by atoms with Gasteiger partial charge in [0, 0.05) is 26.7 Å². The van der Waals surface area contributed by atoms with Crippen LogP contribution in [0.2, 0.25) is 0 Å². The van der Waals surface area contributed by atoms with Crippen LogP contribution in [0.1, 0.15) is 18.4 Å². The van der Waals surface area contributed by atoms with Crippen LogP contribution in [0, 0.1) is 5.82 Å². The van der Waals surface area contributed by atoms with Gasteiger partial charge in [-0.15, -0.1) is 0 Å². The van der Waals surface area contributed by atoms with Crippen LogP contribution in [-0.2, 0) is 16.1 Å². The van der Waals surface area contributed by atoms with Crippen molar-refractivity contribution in [2.45, 2.75) is 25.0 Å². The molecule has 0 spiro atoms. The number of halogens is 1. The molecule has 0 bridgehead atoms. The van der Waals surface area contributed by atoms with Crippen molar-refractivity contribution in [1.29, 1.82) is 0 Å². The number of methoxy groups -OCH3 is 1. The number of hydrogen-bond donors (Lipinski definition) is 1. The fourth-order valence-electron chi connectivity index (χ4n) is 2.43. The van der Waals surface area contributed by atoms with Crippen molar-refractivity contribution < 1.29 is 19.0 Å². The van der Waals surface area contributed by atoms with Gasteiger partial charge in [-0.05, 0) is 30.5 Å². The molecular formula is C14H18FNO3. The normalized spacial score (nSPS) is 19.3. The highest BCUT2D eigenvalue weighted by Gasteiger charge is 2.41. The molecule has 1 saturated heterocycles. The predicted molar refractivity (Wildman–Crippen MR) is 68.3 cm³/mol. The first-order valence-corrected chi connectivity index (χ1v) is 6.31. The van der Waals surface area contributed by atoms with Crippen LogP contribution in [0.3, 0.4) is 0 Å². The summed E-state index contributed by atoms with van der Waals surface area (Å²) >= 11 is 0. The molecule has 0 amide bonds. The van der Waals surface area contributed by atoms with E-state index in [-0.39, 0.29) is 5.82 Å². The van der Waals surface area contributed by atoms with E-state index in [4.69, 9.17) is 4.74 Å². The van der Waals surface area contributed by atoms with Gasteiger partial charge in [-0.25, -0.2) is 9.18 Å². The fraction of sp³-hybridized carbons (Fsp3) is 0.500. The number of hydrogen-bond acceptors (Lipinski definition) is 3. The third kappa shape index (κ3) is 3.11. The fourth-order valence-corrected chi connectivity index (χ4v) is 2.43. The molecule has 1 aromatic carbocycles. The van der Waals surface area contributed by atoms with Crippen molar-refractivity contribution in [3.63, 3.8) is 0 Å². The van der Waals surface area contributed by atoms with Crippen molar-refractivity contribution >= 4 is 5.97 Å². The molecule has 0 radical (unpaired) electrons. The van der Waals surface area contributed by atoms with Crippen LogP contribution >= 0.6 is 0 Å². The minimum absolute atomic E-state index is 0.244. The molecule has 1 aliphatic heterocycles. The number of carbonyl (C=O) groups is 1. The predicted octanol–water partition coefficient (Wildman–Crippen LogP) is 1.89. The largest absolute Gasteiger partial charge is 0.479 e. The maximum Gasteiger partial charge on any atom is 0.336 e. The zero-order valence-corrected chi connectivity index (χ0v) is 10.9. The topological polar surface area (TPSA) is 49.8 Å². The Balaban J connectivity index is 1.93. The Morgan fingerprint density at radius 1 is 1.37 bits per heavy atom. The van der Waals surface area contributed by atoms with Gasteiger partial charge >= 0.3 is 5.97 Å². The number of nitrogens with zero attached hydrogens (tertiary/aromatic N) is 1. The Kier molecular flexibility index (Phi) is 4.17. The average Bonchev–Trinajstić information content (AvgIpc) is 2.42.